The fourth-order valence-corrected chi connectivity index (χ4v) is 1.91. The SMILES string of the molecule is N#Cc1ncccc1C(N)=NCCCCOc1ccccc1. The molecule has 2 aromatic rings. The van der Waals surface area contributed by atoms with Gasteiger partial charge >= 0.3 is 0 Å². The van der Waals surface area contributed by atoms with E-state index in [0.717, 1.165) is 18.6 Å². The molecule has 5 heteroatoms. The Labute approximate surface area is 130 Å². The number of nitrogens with zero attached hydrogens (tertiary/aromatic N) is 3. The molecule has 0 saturated carbocycles. The summed E-state index contributed by atoms with van der Waals surface area (Å²) in [7, 11) is 0. The van der Waals surface area contributed by atoms with E-state index in [1.54, 1.807) is 18.3 Å². The Bertz CT molecular complexity index is 662. The maximum atomic E-state index is 8.98. The minimum Gasteiger partial charge on any atom is -0.494 e. The minimum absolute atomic E-state index is 0.302. The van der Waals surface area contributed by atoms with Crippen LogP contribution in [0.25, 0.3) is 0 Å². The Morgan fingerprint density at radius 3 is 2.77 bits per heavy atom. The fraction of sp³-hybridized carbons (Fsp3) is 0.235. The highest BCUT2D eigenvalue weighted by Crippen LogP contribution is 2.09. The third kappa shape index (κ3) is 4.60. The van der Waals surface area contributed by atoms with Crippen molar-refractivity contribution in [3.05, 3.63) is 59.9 Å². The van der Waals surface area contributed by atoms with Crippen molar-refractivity contribution in [2.45, 2.75) is 12.8 Å². The number of para-hydroxylation sites is 1. The molecule has 0 unspecified atom stereocenters. The lowest BCUT2D eigenvalue weighted by Crippen LogP contribution is -2.16. The van der Waals surface area contributed by atoms with E-state index in [-0.39, 0.29) is 0 Å². The summed E-state index contributed by atoms with van der Waals surface area (Å²) in [5, 5.41) is 8.98. The van der Waals surface area contributed by atoms with Gasteiger partial charge in [-0.15, -0.1) is 0 Å². The van der Waals surface area contributed by atoms with E-state index in [9.17, 15) is 0 Å². The molecule has 0 aliphatic rings. The molecule has 5 nitrogen and oxygen atoms in total. The molecule has 22 heavy (non-hydrogen) atoms. The van der Waals surface area contributed by atoms with E-state index >= 15 is 0 Å². The number of benzene rings is 1. The predicted molar refractivity (Wildman–Crippen MR) is 85.7 cm³/mol. The normalized spacial score (nSPS) is 11.0. The summed E-state index contributed by atoms with van der Waals surface area (Å²) < 4.78 is 5.60. The first-order valence-corrected chi connectivity index (χ1v) is 7.14. The molecule has 0 radical (unpaired) electrons. The van der Waals surface area contributed by atoms with Crippen molar-refractivity contribution in [3.8, 4) is 11.8 Å². The van der Waals surface area contributed by atoms with Gasteiger partial charge in [0, 0.05) is 12.7 Å². The molecular formula is C17H18N4O. The van der Waals surface area contributed by atoms with Crippen molar-refractivity contribution in [3.63, 3.8) is 0 Å². The first-order chi connectivity index (χ1) is 10.8. The molecular weight excluding hydrogens is 276 g/mol. The first-order valence-electron chi connectivity index (χ1n) is 7.14. The van der Waals surface area contributed by atoms with Crippen molar-refractivity contribution < 1.29 is 4.74 Å². The number of hydrogen-bond acceptors (Lipinski definition) is 4. The van der Waals surface area contributed by atoms with Gasteiger partial charge in [0.05, 0.1) is 12.2 Å². The molecule has 0 saturated heterocycles. The monoisotopic (exact) mass is 294 g/mol. The van der Waals surface area contributed by atoms with Crippen LogP contribution in [-0.4, -0.2) is 24.0 Å². The molecule has 0 spiro atoms. The Morgan fingerprint density at radius 2 is 2.00 bits per heavy atom. The molecule has 2 rings (SSSR count). The first kappa shape index (κ1) is 15.5. The fourth-order valence-electron chi connectivity index (χ4n) is 1.91. The molecule has 1 aromatic heterocycles. The zero-order valence-corrected chi connectivity index (χ0v) is 12.3. The van der Waals surface area contributed by atoms with Gasteiger partial charge in [-0.2, -0.15) is 5.26 Å². The van der Waals surface area contributed by atoms with Gasteiger partial charge in [0.2, 0.25) is 0 Å². The predicted octanol–water partition coefficient (Wildman–Crippen LogP) is 2.52. The summed E-state index contributed by atoms with van der Waals surface area (Å²) >= 11 is 0. The summed E-state index contributed by atoms with van der Waals surface area (Å²) in [5.41, 5.74) is 6.80. The van der Waals surface area contributed by atoms with Crippen LogP contribution in [0.15, 0.2) is 53.7 Å². The van der Waals surface area contributed by atoms with Crippen LogP contribution in [0.1, 0.15) is 24.1 Å². The molecule has 2 N–H and O–H groups in total. The van der Waals surface area contributed by atoms with Crippen LogP contribution in [0.2, 0.25) is 0 Å². The summed E-state index contributed by atoms with van der Waals surface area (Å²) in [6, 6.07) is 15.2. The molecule has 0 fully saturated rings. The molecule has 0 aliphatic carbocycles. The van der Waals surface area contributed by atoms with Gasteiger partial charge < -0.3 is 10.5 Å². The van der Waals surface area contributed by atoms with Crippen molar-refractivity contribution in [2.24, 2.45) is 10.7 Å². The van der Waals surface area contributed by atoms with Gasteiger partial charge in [0.1, 0.15) is 17.7 Å². The number of nitriles is 1. The van der Waals surface area contributed by atoms with Crippen LogP contribution in [-0.2, 0) is 0 Å². The second kappa shape index (κ2) is 8.42. The molecule has 1 aromatic carbocycles. The van der Waals surface area contributed by atoms with Gasteiger partial charge in [0.15, 0.2) is 5.69 Å². The maximum Gasteiger partial charge on any atom is 0.151 e. The third-order valence-electron chi connectivity index (χ3n) is 3.04. The Hall–Kier alpha value is -2.87. The van der Waals surface area contributed by atoms with Gasteiger partial charge in [-0.1, -0.05) is 18.2 Å². The van der Waals surface area contributed by atoms with E-state index in [1.165, 1.54) is 0 Å². The van der Waals surface area contributed by atoms with E-state index < -0.39 is 0 Å². The highest BCUT2D eigenvalue weighted by molar-refractivity contribution is 5.99. The highest BCUT2D eigenvalue weighted by atomic mass is 16.5. The molecule has 112 valence electrons. The van der Waals surface area contributed by atoms with Gasteiger partial charge in [-0.05, 0) is 37.1 Å². The second-order valence-corrected chi connectivity index (χ2v) is 4.65. The lowest BCUT2D eigenvalue weighted by atomic mass is 10.2. The quantitative estimate of drug-likeness (QED) is 0.483. The van der Waals surface area contributed by atoms with Crippen molar-refractivity contribution in [1.29, 1.82) is 5.26 Å². The lowest BCUT2D eigenvalue weighted by molar-refractivity contribution is 0.308. The number of nitrogens with two attached hydrogens (primary N) is 1. The van der Waals surface area contributed by atoms with Crippen LogP contribution in [0.4, 0.5) is 0 Å². The van der Waals surface area contributed by atoms with Crippen molar-refractivity contribution in [2.75, 3.05) is 13.2 Å². The standard InChI is InChI=1S/C17H18N4O/c18-13-16-15(9-6-11-20-16)17(19)21-10-4-5-12-22-14-7-2-1-3-8-14/h1-3,6-9,11H,4-5,10,12H2,(H2,19,21). The zero-order chi connectivity index (χ0) is 15.6. The Morgan fingerprint density at radius 1 is 1.18 bits per heavy atom. The van der Waals surface area contributed by atoms with Crippen LogP contribution in [0.5, 0.6) is 5.75 Å². The van der Waals surface area contributed by atoms with Gasteiger partial charge in [-0.25, -0.2) is 4.98 Å². The average Bonchev–Trinajstić information content (AvgIpc) is 2.58. The summed E-state index contributed by atoms with van der Waals surface area (Å²) in [4.78, 5) is 8.26. The molecule has 0 atom stereocenters. The van der Waals surface area contributed by atoms with Crippen LogP contribution in [0.3, 0.4) is 0 Å². The molecule has 1 heterocycles. The number of unbranched alkanes of at least 4 members (excludes halogenated alkanes) is 1. The maximum absolute atomic E-state index is 8.98. The smallest absolute Gasteiger partial charge is 0.151 e. The second-order valence-electron chi connectivity index (χ2n) is 4.65. The zero-order valence-electron chi connectivity index (χ0n) is 12.3. The summed E-state index contributed by atoms with van der Waals surface area (Å²) in [6.07, 6.45) is 3.33. The van der Waals surface area contributed by atoms with Gasteiger partial charge in [0.25, 0.3) is 0 Å². The van der Waals surface area contributed by atoms with E-state index in [4.69, 9.17) is 15.7 Å². The molecule has 0 aliphatic heterocycles. The highest BCUT2D eigenvalue weighted by Gasteiger charge is 2.05. The summed E-state index contributed by atoms with van der Waals surface area (Å²) in [5.74, 6) is 1.23. The topological polar surface area (TPSA) is 84.3 Å². The van der Waals surface area contributed by atoms with E-state index in [1.807, 2.05) is 36.4 Å². The largest absolute Gasteiger partial charge is 0.494 e. The number of aliphatic imine (C=N–C) groups is 1. The van der Waals surface area contributed by atoms with Gasteiger partial charge in [-0.3, -0.25) is 4.99 Å². The van der Waals surface area contributed by atoms with Crippen LogP contribution in [0, 0.1) is 11.3 Å². The van der Waals surface area contributed by atoms with Crippen LogP contribution < -0.4 is 10.5 Å². The number of pyridine rings is 1. The van der Waals surface area contributed by atoms with Crippen molar-refractivity contribution in [1.82, 2.24) is 4.98 Å². The van der Waals surface area contributed by atoms with Crippen molar-refractivity contribution >= 4 is 5.84 Å². The molecule has 0 amide bonds. The third-order valence-corrected chi connectivity index (χ3v) is 3.04. The Kier molecular flexibility index (Phi) is 5.94. The number of amidine groups is 1. The van der Waals surface area contributed by atoms with Crippen LogP contribution >= 0.6 is 0 Å². The van der Waals surface area contributed by atoms with E-state index in [0.29, 0.717) is 30.2 Å². The number of rotatable bonds is 7. The molecule has 0 bridgehead atoms. The Balaban J connectivity index is 1.74. The minimum atomic E-state index is 0.302. The number of ether oxygens (including phenoxy) is 1. The number of aromatic nitrogens is 1. The number of hydrogen-bond donors (Lipinski definition) is 1. The lowest BCUT2D eigenvalue weighted by Gasteiger charge is -2.05. The summed E-state index contributed by atoms with van der Waals surface area (Å²) in [6.45, 7) is 1.25. The van der Waals surface area contributed by atoms with E-state index in [2.05, 4.69) is 9.98 Å². The average molecular weight is 294 g/mol.